The molecule has 2 aromatic carbocycles. The van der Waals surface area contributed by atoms with Crippen LogP contribution in [0.3, 0.4) is 0 Å². The average Bonchev–Trinajstić information content (AvgIpc) is 2.63. The van der Waals surface area contributed by atoms with Gasteiger partial charge in [-0.2, -0.15) is 0 Å². The second kappa shape index (κ2) is 9.20. The van der Waals surface area contributed by atoms with Gasteiger partial charge in [-0.25, -0.2) is 0 Å². The molecule has 0 spiro atoms. The molecule has 2 aromatic rings. The zero-order chi connectivity index (χ0) is 17.5. The van der Waals surface area contributed by atoms with E-state index in [1.807, 2.05) is 48.5 Å². The van der Waals surface area contributed by atoms with Crippen molar-refractivity contribution < 1.29 is 9.84 Å². The first-order valence-electron chi connectivity index (χ1n) is 8.74. The van der Waals surface area contributed by atoms with Crippen molar-refractivity contribution in [1.29, 1.82) is 0 Å². The van der Waals surface area contributed by atoms with Crippen molar-refractivity contribution in [2.24, 2.45) is 0 Å². The van der Waals surface area contributed by atoms with Gasteiger partial charge in [0, 0.05) is 44.3 Å². The highest BCUT2D eigenvalue weighted by Crippen LogP contribution is 2.14. The molecule has 1 unspecified atom stereocenters. The first-order chi connectivity index (χ1) is 12.2. The number of halogens is 1. The van der Waals surface area contributed by atoms with E-state index in [1.54, 1.807) is 0 Å². The highest BCUT2D eigenvalue weighted by atomic mass is 35.5. The van der Waals surface area contributed by atoms with Crippen LogP contribution < -0.4 is 4.74 Å². The van der Waals surface area contributed by atoms with E-state index in [2.05, 4.69) is 15.9 Å². The Hall–Kier alpha value is -1.59. The minimum atomic E-state index is -0.473. The van der Waals surface area contributed by atoms with Crippen molar-refractivity contribution in [3.63, 3.8) is 0 Å². The number of para-hydroxylation sites is 1. The topological polar surface area (TPSA) is 35.9 Å². The summed E-state index contributed by atoms with van der Waals surface area (Å²) >= 11 is 6.05. The predicted octanol–water partition coefficient (Wildman–Crippen LogP) is 2.90. The minimum Gasteiger partial charge on any atom is -0.491 e. The van der Waals surface area contributed by atoms with E-state index in [1.165, 1.54) is 5.56 Å². The smallest absolute Gasteiger partial charge is 0.119 e. The third-order valence-electron chi connectivity index (χ3n) is 4.41. The Morgan fingerprint density at radius 2 is 1.68 bits per heavy atom. The summed E-state index contributed by atoms with van der Waals surface area (Å²) < 4.78 is 5.62. The van der Waals surface area contributed by atoms with E-state index in [-0.39, 0.29) is 0 Å². The lowest BCUT2D eigenvalue weighted by Crippen LogP contribution is -2.48. The van der Waals surface area contributed by atoms with Crippen molar-refractivity contribution in [3.05, 3.63) is 65.2 Å². The Bertz CT molecular complexity index is 645. The summed E-state index contributed by atoms with van der Waals surface area (Å²) in [6.45, 7) is 5.82. The molecule has 1 heterocycles. The highest BCUT2D eigenvalue weighted by molar-refractivity contribution is 6.30. The first-order valence-corrected chi connectivity index (χ1v) is 9.12. The summed E-state index contributed by atoms with van der Waals surface area (Å²) in [5.41, 5.74) is 1.25. The number of aliphatic hydroxyl groups is 1. The van der Waals surface area contributed by atoms with Gasteiger partial charge in [0.1, 0.15) is 18.5 Å². The number of ether oxygens (including phenoxy) is 1. The Morgan fingerprint density at radius 3 is 2.40 bits per heavy atom. The Labute approximate surface area is 154 Å². The van der Waals surface area contributed by atoms with Crippen LogP contribution in [0.2, 0.25) is 5.02 Å². The van der Waals surface area contributed by atoms with E-state index >= 15 is 0 Å². The van der Waals surface area contributed by atoms with Gasteiger partial charge in [-0.1, -0.05) is 41.9 Å². The van der Waals surface area contributed by atoms with E-state index in [0.29, 0.717) is 13.2 Å². The molecule has 1 aliphatic heterocycles. The molecular weight excluding hydrogens is 336 g/mol. The van der Waals surface area contributed by atoms with Gasteiger partial charge in [0.05, 0.1) is 0 Å². The molecule has 0 amide bonds. The van der Waals surface area contributed by atoms with Crippen LogP contribution in [0, 0.1) is 0 Å². The lowest BCUT2D eigenvalue weighted by atomic mass is 10.2. The molecule has 3 rings (SSSR count). The number of aliphatic hydroxyl groups excluding tert-OH is 1. The van der Waals surface area contributed by atoms with Crippen LogP contribution >= 0.6 is 11.6 Å². The van der Waals surface area contributed by atoms with Crippen LogP contribution in [0.5, 0.6) is 5.75 Å². The monoisotopic (exact) mass is 360 g/mol. The number of nitrogens with zero attached hydrogens (tertiary/aromatic N) is 2. The third kappa shape index (κ3) is 6.01. The van der Waals surface area contributed by atoms with E-state index in [9.17, 15) is 5.11 Å². The molecule has 134 valence electrons. The number of piperazine rings is 1. The Morgan fingerprint density at radius 1 is 0.960 bits per heavy atom. The maximum atomic E-state index is 10.2. The zero-order valence-electron chi connectivity index (χ0n) is 14.4. The normalized spacial score (nSPS) is 17.4. The van der Waals surface area contributed by atoms with Crippen LogP contribution in [0.4, 0.5) is 0 Å². The quantitative estimate of drug-likeness (QED) is 0.823. The molecular formula is C20H25ClN2O2. The number of β-amino-alcohol motifs (C(OH)–C–C–N with tert-alkyl or cyclic N) is 1. The van der Waals surface area contributed by atoms with Gasteiger partial charge >= 0.3 is 0 Å². The second-order valence-electron chi connectivity index (χ2n) is 6.48. The van der Waals surface area contributed by atoms with Crippen LogP contribution in [0.15, 0.2) is 54.6 Å². The van der Waals surface area contributed by atoms with Gasteiger partial charge in [0.2, 0.25) is 0 Å². The first kappa shape index (κ1) is 18.2. The number of rotatable bonds is 7. The number of hydrogen-bond donors (Lipinski definition) is 1. The molecule has 0 aliphatic carbocycles. The van der Waals surface area contributed by atoms with E-state index in [0.717, 1.165) is 43.5 Å². The Kier molecular flexibility index (Phi) is 6.70. The van der Waals surface area contributed by atoms with Crippen molar-refractivity contribution in [2.45, 2.75) is 12.6 Å². The van der Waals surface area contributed by atoms with Gasteiger partial charge in [-0.05, 0) is 29.8 Å². The van der Waals surface area contributed by atoms with E-state index < -0.39 is 6.10 Å². The fraction of sp³-hybridized carbons (Fsp3) is 0.400. The molecule has 1 fully saturated rings. The molecule has 1 aliphatic rings. The second-order valence-corrected chi connectivity index (χ2v) is 6.92. The Balaban J connectivity index is 1.37. The van der Waals surface area contributed by atoms with E-state index in [4.69, 9.17) is 16.3 Å². The molecule has 0 radical (unpaired) electrons. The molecule has 0 saturated carbocycles. The van der Waals surface area contributed by atoms with Gasteiger partial charge < -0.3 is 9.84 Å². The van der Waals surface area contributed by atoms with Crippen LogP contribution in [0.1, 0.15) is 5.56 Å². The standard InChI is InChI=1S/C20H25ClN2O2/c21-18-6-4-5-17(13-18)14-22-9-11-23(12-10-22)15-19(24)16-25-20-7-2-1-3-8-20/h1-8,13,19,24H,9-12,14-16H2. The summed E-state index contributed by atoms with van der Waals surface area (Å²) in [5.74, 6) is 0.799. The molecule has 25 heavy (non-hydrogen) atoms. The summed E-state index contributed by atoms with van der Waals surface area (Å²) in [5, 5.41) is 11.0. The van der Waals surface area contributed by atoms with Crippen molar-refractivity contribution in [3.8, 4) is 5.75 Å². The number of hydrogen-bond acceptors (Lipinski definition) is 4. The van der Waals surface area contributed by atoms with Crippen molar-refractivity contribution in [2.75, 3.05) is 39.3 Å². The summed E-state index contributed by atoms with van der Waals surface area (Å²) in [6.07, 6.45) is -0.473. The van der Waals surface area contributed by atoms with Gasteiger partial charge in [-0.3, -0.25) is 9.80 Å². The highest BCUT2D eigenvalue weighted by Gasteiger charge is 2.19. The zero-order valence-corrected chi connectivity index (χ0v) is 15.1. The maximum absolute atomic E-state index is 10.2. The van der Waals surface area contributed by atoms with Crippen LogP contribution in [-0.2, 0) is 6.54 Å². The van der Waals surface area contributed by atoms with Crippen LogP contribution in [0.25, 0.3) is 0 Å². The van der Waals surface area contributed by atoms with Crippen LogP contribution in [-0.4, -0.2) is 60.3 Å². The molecule has 4 nitrogen and oxygen atoms in total. The van der Waals surface area contributed by atoms with Gasteiger partial charge in [-0.15, -0.1) is 0 Å². The molecule has 1 saturated heterocycles. The maximum Gasteiger partial charge on any atom is 0.119 e. The number of benzene rings is 2. The largest absolute Gasteiger partial charge is 0.491 e. The SMILES string of the molecule is OC(COc1ccccc1)CN1CCN(Cc2cccc(Cl)c2)CC1. The third-order valence-corrected chi connectivity index (χ3v) is 4.65. The molecule has 1 N–H and O–H groups in total. The summed E-state index contributed by atoms with van der Waals surface area (Å²) in [6, 6.07) is 17.7. The predicted molar refractivity (Wildman–Crippen MR) is 101 cm³/mol. The molecule has 5 heteroatoms. The molecule has 1 atom stereocenters. The fourth-order valence-electron chi connectivity index (χ4n) is 3.08. The van der Waals surface area contributed by atoms with Gasteiger partial charge in [0.15, 0.2) is 0 Å². The van der Waals surface area contributed by atoms with Gasteiger partial charge in [0.25, 0.3) is 0 Å². The lowest BCUT2D eigenvalue weighted by molar-refractivity contribution is 0.0446. The molecule has 0 bridgehead atoms. The van der Waals surface area contributed by atoms with Crippen molar-refractivity contribution in [1.82, 2.24) is 9.80 Å². The fourth-order valence-corrected chi connectivity index (χ4v) is 3.30. The summed E-state index contributed by atoms with van der Waals surface area (Å²) in [7, 11) is 0. The lowest BCUT2D eigenvalue weighted by Gasteiger charge is -2.35. The summed E-state index contributed by atoms with van der Waals surface area (Å²) in [4.78, 5) is 4.72. The average molecular weight is 361 g/mol. The molecule has 0 aromatic heterocycles. The minimum absolute atomic E-state index is 0.326. The van der Waals surface area contributed by atoms with Crippen molar-refractivity contribution >= 4 is 11.6 Å².